The van der Waals surface area contributed by atoms with Gasteiger partial charge in [-0.1, -0.05) is 41.5 Å². The van der Waals surface area contributed by atoms with Crippen LogP contribution in [-0.2, 0) is 0 Å². The molecule has 2 heterocycles. The second-order valence-electron chi connectivity index (χ2n) is 11.7. The third kappa shape index (κ3) is 4.56. The highest BCUT2D eigenvalue weighted by Gasteiger charge is 2.30. The molecule has 4 heteroatoms. The zero-order chi connectivity index (χ0) is 26.6. The molecule has 0 amide bonds. The molecule has 0 N–H and O–H groups in total. The summed E-state index contributed by atoms with van der Waals surface area (Å²) in [6.07, 6.45) is 0. The molecule has 2 aliphatic heterocycles. The van der Waals surface area contributed by atoms with Gasteiger partial charge in [0.25, 0.3) is 0 Å². The van der Waals surface area contributed by atoms with Gasteiger partial charge in [0, 0.05) is 48.9 Å². The van der Waals surface area contributed by atoms with Crippen LogP contribution >= 0.6 is 0 Å². The molecule has 0 atom stereocenters. The molecule has 196 valence electrons. The molecule has 0 aromatic heterocycles. The fraction of sp³-hybridized carbons (Fsp3) is 0.455. The number of hydrogen-bond donors (Lipinski definition) is 0. The van der Waals surface area contributed by atoms with Crippen LogP contribution < -0.4 is 19.6 Å². The smallest absolute Gasteiger partial charge is 0.0904 e. The number of aryl methyl sites for hydroxylation is 8. The molecule has 0 radical (unpaired) electrons. The van der Waals surface area contributed by atoms with E-state index >= 15 is 0 Å². The van der Waals surface area contributed by atoms with Crippen molar-refractivity contribution in [2.45, 2.75) is 62.3 Å². The van der Waals surface area contributed by atoms with E-state index in [4.69, 9.17) is 0 Å². The Hall–Kier alpha value is -3.14. The van der Waals surface area contributed by atoms with Gasteiger partial charge >= 0.3 is 0 Å². The van der Waals surface area contributed by atoms with Crippen LogP contribution in [0, 0.1) is 62.3 Å². The number of hydrogen-bond acceptors (Lipinski definition) is 4. The fourth-order valence-corrected chi connectivity index (χ4v) is 7.39. The molecule has 3 aromatic carbocycles. The maximum absolute atomic E-state index is 2.61. The first-order chi connectivity index (χ1) is 17.5. The predicted octanol–water partition coefficient (Wildman–Crippen LogP) is 7.03. The Labute approximate surface area is 224 Å². The molecule has 0 aliphatic carbocycles. The standard InChI is InChI=1S/C33H44N4/c1-21-14-23(3)30(24(4)15-21)34-10-12-36(19-34)32-27(7)18-28(8)33(29(32)9)37-13-11-35(20-37)31-25(5)16-22(2)17-26(31)6/h14-18H,10-13,19-20H2,1-9H3. The number of anilines is 4. The highest BCUT2D eigenvalue weighted by atomic mass is 15.4. The molecule has 4 nitrogen and oxygen atoms in total. The molecule has 2 saturated heterocycles. The van der Waals surface area contributed by atoms with Gasteiger partial charge in [0.05, 0.1) is 13.3 Å². The van der Waals surface area contributed by atoms with Gasteiger partial charge in [-0.2, -0.15) is 0 Å². The minimum atomic E-state index is 0.947. The van der Waals surface area contributed by atoms with Crippen LogP contribution in [-0.4, -0.2) is 39.5 Å². The molecule has 0 spiro atoms. The topological polar surface area (TPSA) is 13.0 Å². The summed E-state index contributed by atoms with van der Waals surface area (Å²) in [5.74, 6) is 0. The van der Waals surface area contributed by atoms with Crippen molar-refractivity contribution >= 4 is 22.7 Å². The van der Waals surface area contributed by atoms with E-state index in [0.717, 1.165) is 39.5 Å². The van der Waals surface area contributed by atoms with Gasteiger partial charge in [0.2, 0.25) is 0 Å². The van der Waals surface area contributed by atoms with Crippen LogP contribution in [0.3, 0.4) is 0 Å². The summed E-state index contributed by atoms with van der Waals surface area (Å²) < 4.78 is 0. The first-order valence-corrected chi connectivity index (χ1v) is 13.8. The second-order valence-corrected chi connectivity index (χ2v) is 11.7. The molecule has 2 fully saturated rings. The van der Waals surface area contributed by atoms with E-state index in [-0.39, 0.29) is 0 Å². The summed E-state index contributed by atoms with van der Waals surface area (Å²) in [5.41, 5.74) is 18.1. The Balaban J connectivity index is 1.43. The van der Waals surface area contributed by atoms with Crippen molar-refractivity contribution in [3.05, 3.63) is 80.4 Å². The maximum atomic E-state index is 2.61. The zero-order valence-corrected chi connectivity index (χ0v) is 24.4. The van der Waals surface area contributed by atoms with Gasteiger partial charge in [-0.15, -0.1) is 0 Å². The van der Waals surface area contributed by atoms with E-state index in [2.05, 4.69) is 112 Å². The molecule has 37 heavy (non-hydrogen) atoms. The number of rotatable bonds is 4. The Morgan fingerprint density at radius 1 is 0.378 bits per heavy atom. The van der Waals surface area contributed by atoms with Gasteiger partial charge in [-0.3, -0.25) is 0 Å². The van der Waals surface area contributed by atoms with Gasteiger partial charge in [-0.05, 0) is 101 Å². The maximum Gasteiger partial charge on any atom is 0.0904 e. The lowest BCUT2D eigenvalue weighted by Crippen LogP contribution is -2.29. The Kier molecular flexibility index (Phi) is 6.64. The monoisotopic (exact) mass is 496 g/mol. The van der Waals surface area contributed by atoms with E-state index in [1.54, 1.807) is 0 Å². The van der Waals surface area contributed by atoms with E-state index in [1.807, 2.05) is 0 Å². The summed E-state index contributed by atoms with van der Waals surface area (Å²) in [7, 11) is 0. The second kappa shape index (κ2) is 9.63. The van der Waals surface area contributed by atoms with Crippen molar-refractivity contribution in [1.82, 2.24) is 0 Å². The third-order valence-corrected chi connectivity index (χ3v) is 8.39. The average Bonchev–Trinajstić information content (AvgIpc) is 3.43. The minimum absolute atomic E-state index is 0.947. The molecule has 3 aromatic rings. The Morgan fingerprint density at radius 2 is 0.649 bits per heavy atom. The number of nitrogens with zero attached hydrogens (tertiary/aromatic N) is 4. The average molecular weight is 497 g/mol. The Morgan fingerprint density at radius 3 is 0.973 bits per heavy atom. The van der Waals surface area contributed by atoms with Gasteiger partial charge < -0.3 is 19.6 Å². The lowest BCUT2D eigenvalue weighted by molar-refractivity contribution is 0.912. The largest absolute Gasteiger partial charge is 0.352 e. The molecule has 2 aliphatic rings. The Bertz CT molecular complexity index is 1210. The molecule has 0 saturated carbocycles. The van der Waals surface area contributed by atoms with Crippen LogP contribution in [0.25, 0.3) is 0 Å². The van der Waals surface area contributed by atoms with Crippen molar-refractivity contribution in [1.29, 1.82) is 0 Å². The first-order valence-electron chi connectivity index (χ1n) is 13.8. The van der Waals surface area contributed by atoms with Crippen molar-refractivity contribution in [2.24, 2.45) is 0 Å². The normalized spacial score (nSPS) is 15.9. The molecule has 0 bridgehead atoms. The van der Waals surface area contributed by atoms with Crippen LogP contribution in [0.2, 0.25) is 0 Å². The van der Waals surface area contributed by atoms with Gasteiger partial charge in [0.15, 0.2) is 0 Å². The van der Waals surface area contributed by atoms with E-state index in [0.29, 0.717) is 0 Å². The lowest BCUT2D eigenvalue weighted by Gasteiger charge is -2.31. The van der Waals surface area contributed by atoms with Crippen LogP contribution in [0.15, 0.2) is 30.3 Å². The highest BCUT2D eigenvalue weighted by molar-refractivity contribution is 5.76. The summed E-state index contributed by atoms with van der Waals surface area (Å²) >= 11 is 0. The van der Waals surface area contributed by atoms with Gasteiger partial charge in [-0.25, -0.2) is 0 Å². The van der Waals surface area contributed by atoms with Crippen LogP contribution in [0.5, 0.6) is 0 Å². The van der Waals surface area contributed by atoms with Gasteiger partial charge in [0.1, 0.15) is 0 Å². The lowest BCUT2D eigenvalue weighted by atomic mass is 10.00. The van der Waals surface area contributed by atoms with E-state index in [1.165, 1.54) is 72.8 Å². The molecule has 0 unspecified atom stereocenters. The summed E-state index contributed by atoms with van der Waals surface area (Å²) in [4.78, 5) is 10.4. The van der Waals surface area contributed by atoms with Crippen molar-refractivity contribution < 1.29 is 0 Å². The van der Waals surface area contributed by atoms with Crippen molar-refractivity contribution in [3.8, 4) is 0 Å². The van der Waals surface area contributed by atoms with Crippen LogP contribution in [0.1, 0.15) is 50.1 Å². The highest BCUT2D eigenvalue weighted by Crippen LogP contribution is 2.40. The SMILES string of the molecule is Cc1cc(C)c(N2CCN(c3c(C)cc(C)c(N4CCN(c5c(C)cc(C)cc5C)C4)c3C)C2)c(C)c1. The number of benzene rings is 3. The summed E-state index contributed by atoms with van der Waals surface area (Å²) in [5, 5.41) is 0. The first kappa shape index (κ1) is 25.5. The summed E-state index contributed by atoms with van der Waals surface area (Å²) in [6.45, 7) is 26.5. The molecular formula is C33H44N4. The zero-order valence-electron chi connectivity index (χ0n) is 24.4. The molecule has 5 rings (SSSR count). The molecular weight excluding hydrogens is 452 g/mol. The summed E-state index contributed by atoms with van der Waals surface area (Å²) in [6, 6.07) is 11.7. The van der Waals surface area contributed by atoms with Crippen molar-refractivity contribution in [2.75, 3.05) is 59.1 Å². The van der Waals surface area contributed by atoms with Crippen LogP contribution in [0.4, 0.5) is 22.7 Å². The minimum Gasteiger partial charge on any atom is -0.352 e. The van der Waals surface area contributed by atoms with Crippen molar-refractivity contribution in [3.63, 3.8) is 0 Å². The quantitative estimate of drug-likeness (QED) is 0.384. The third-order valence-electron chi connectivity index (χ3n) is 8.39. The fourth-order valence-electron chi connectivity index (χ4n) is 7.39. The van der Waals surface area contributed by atoms with E-state index in [9.17, 15) is 0 Å². The van der Waals surface area contributed by atoms with E-state index < -0.39 is 0 Å². The predicted molar refractivity (Wildman–Crippen MR) is 161 cm³/mol.